The second kappa shape index (κ2) is 6.39. The third kappa shape index (κ3) is 2.49. The van der Waals surface area contributed by atoms with Crippen molar-refractivity contribution in [3.8, 4) is 0 Å². The molecule has 1 aromatic rings. The van der Waals surface area contributed by atoms with E-state index in [0.29, 0.717) is 6.54 Å². The van der Waals surface area contributed by atoms with Crippen molar-refractivity contribution in [3.63, 3.8) is 0 Å². The van der Waals surface area contributed by atoms with Crippen LogP contribution >= 0.6 is 0 Å². The molecular weight excluding hydrogens is 334 g/mol. The van der Waals surface area contributed by atoms with Crippen LogP contribution in [0.5, 0.6) is 0 Å². The summed E-state index contributed by atoms with van der Waals surface area (Å²) in [6.45, 7) is 3.71. The topological polar surface area (TPSA) is 79.0 Å². The number of carbonyl (C=O) groups excluding carboxylic acids is 3. The molecule has 1 N–H and O–H groups in total. The summed E-state index contributed by atoms with van der Waals surface area (Å²) in [6, 6.07) is 7.35. The van der Waals surface area contributed by atoms with Crippen LogP contribution in [0.15, 0.2) is 24.3 Å². The Bertz CT molecular complexity index is 746. The van der Waals surface area contributed by atoms with Gasteiger partial charge in [-0.3, -0.25) is 24.6 Å². The first kappa shape index (κ1) is 18.4. The zero-order chi connectivity index (χ0) is 19.2. The van der Waals surface area contributed by atoms with Gasteiger partial charge in [0.05, 0.1) is 18.9 Å². The van der Waals surface area contributed by atoms with Crippen LogP contribution in [0.2, 0.25) is 0 Å². The zero-order valence-corrected chi connectivity index (χ0v) is 15.8. The fraction of sp³-hybridized carbons (Fsp3) is 0.526. The Morgan fingerprint density at radius 3 is 2.35 bits per heavy atom. The molecule has 0 spiro atoms. The van der Waals surface area contributed by atoms with Crippen molar-refractivity contribution in [2.45, 2.75) is 25.4 Å². The van der Waals surface area contributed by atoms with Crippen LogP contribution in [0.25, 0.3) is 0 Å². The Hall–Kier alpha value is -2.41. The fourth-order valence-corrected chi connectivity index (χ4v) is 4.18. The maximum absolute atomic E-state index is 12.9. The predicted octanol–water partition coefficient (Wildman–Crippen LogP) is 0.950. The number of rotatable bonds is 4. The van der Waals surface area contributed by atoms with Crippen LogP contribution in [0.4, 0.5) is 5.69 Å². The summed E-state index contributed by atoms with van der Waals surface area (Å²) >= 11 is 0. The van der Waals surface area contributed by atoms with E-state index in [9.17, 15) is 14.4 Å². The number of nitrogens with one attached hydrogen (secondary N) is 1. The number of hydrogen-bond acceptors (Lipinski definition) is 6. The Morgan fingerprint density at radius 1 is 1.23 bits per heavy atom. The Morgan fingerprint density at radius 2 is 1.85 bits per heavy atom. The summed E-state index contributed by atoms with van der Waals surface area (Å²) in [5.41, 5.74) is 0.668. The minimum atomic E-state index is -1.24. The van der Waals surface area contributed by atoms with E-state index in [-0.39, 0.29) is 11.8 Å². The zero-order valence-electron chi connectivity index (χ0n) is 15.8. The number of likely N-dealkylation sites (tertiary alicyclic amines) is 1. The van der Waals surface area contributed by atoms with Crippen molar-refractivity contribution in [3.05, 3.63) is 29.8 Å². The van der Waals surface area contributed by atoms with Crippen molar-refractivity contribution >= 4 is 23.5 Å². The molecule has 0 aromatic heterocycles. The monoisotopic (exact) mass is 359 g/mol. The van der Waals surface area contributed by atoms with Crippen molar-refractivity contribution in [2.75, 3.05) is 32.6 Å². The molecule has 0 bridgehead atoms. The molecular formula is C19H25N3O4. The number of nitrogens with zero attached hydrogens (tertiary/aromatic N) is 2. The van der Waals surface area contributed by atoms with Gasteiger partial charge in [0.25, 0.3) is 0 Å². The molecule has 140 valence electrons. The average Bonchev–Trinajstić information content (AvgIpc) is 3.08. The molecule has 4 atom stereocenters. The highest BCUT2D eigenvalue weighted by molar-refractivity contribution is 6.09. The van der Waals surface area contributed by atoms with Crippen LogP contribution in [-0.4, -0.2) is 56.0 Å². The normalized spacial score (nSPS) is 30.5. The highest BCUT2D eigenvalue weighted by Gasteiger charge is 2.66. The number of esters is 1. The molecule has 7 nitrogen and oxygen atoms in total. The summed E-state index contributed by atoms with van der Waals surface area (Å²) in [5, 5.41) is 3.23. The van der Waals surface area contributed by atoms with Crippen molar-refractivity contribution in [1.82, 2.24) is 10.2 Å². The number of hydrogen-bond donors (Lipinski definition) is 1. The van der Waals surface area contributed by atoms with Crippen LogP contribution in [-0.2, 0) is 19.1 Å². The summed E-state index contributed by atoms with van der Waals surface area (Å²) in [5.74, 6) is -2.45. The largest absolute Gasteiger partial charge is 0.468 e. The van der Waals surface area contributed by atoms with E-state index in [1.807, 2.05) is 43.3 Å². The molecule has 2 aliphatic heterocycles. The van der Waals surface area contributed by atoms with E-state index in [4.69, 9.17) is 4.74 Å². The summed E-state index contributed by atoms with van der Waals surface area (Å²) in [4.78, 5) is 41.4. The van der Waals surface area contributed by atoms with Crippen molar-refractivity contribution < 1.29 is 19.1 Å². The van der Waals surface area contributed by atoms with E-state index < -0.39 is 29.4 Å². The molecule has 7 heteroatoms. The third-order valence-electron chi connectivity index (χ3n) is 5.57. The van der Waals surface area contributed by atoms with Gasteiger partial charge < -0.3 is 9.64 Å². The minimum Gasteiger partial charge on any atom is -0.468 e. The van der Waals surface area contributed by atoms with Gasteiger partial charge in [0.1, 0.15) is 5.54 Å². The molecule has 1 aromatic carbocycles. The Labute approximate surface area is 153 Å². The Kier molecular flexibility index (Phi) is 4.52. The van der Waals surface area contributed by atoms with Gasteiger partial charge in [-0.25, -0.2) is 0 Å². The number of fused-ring (bicyclic) bond motifs is 1. The van der Waals surface area contributed by atoms with Crippen LogP contribution in [0.1, 0.15) is 25.5 Å². The predicted molar refractivity (Wildman–Crippen MR) is 96.4 cm³/mol. The lowest BCUT2D eigenvalue weighted by Gasteiger charge is -2.28. The number of ether oxygens (including phenoxy) is 1. The second-order valence-electron chi connectivity index (χ2n) is 7.23. The lowest BCUT2D eigenvalue weighted by molar-refractivity contribution is -0.153. The maximum Gasteiger partial charge on any atom is 0.326 e. The van der Waals surface area contributed by atoms with Gasteiger partial charge in [0.2, 0.25) is 11.8 Å². The molecule has 0 unspecified atom stereocenters. The lowest BCUT2D eigenvalue weighted by atomic mass is 9.80. The standard InChI is InChI=1S/C19H25N3O4/c1-6-22-16(23)13-14(17(22)24)19(2,18(25)26-5)20-15(13)11-7-9-12(10-8-11)21(3)4/h7-10,13-15,20H,6H2,1-5H3/t13-,14-,15+,19+/m0/s1. The van der Waals surface area contributed by atoms with Gasteiger partial charge in [0, 0.05) is 32.4 Å². The summed E-state index contributed by atoms with van der Waals surface area (Å²) in [6.07, 6.45) is 0. The maximum atomic E-state index is 12.9. The molecule has 2 amide bonds. The van der Waals surface area contributed by atoms with E-state index in [0.717, 1.165) is 11.3 Å². The average molecular weight is 359 g/mol. The third-order valence-corrected chi connectivity index (χ3v) is 5.57. The fourth-order valence-electron chi connectivity index (χ4n) is 4.18. The first-order chi connectivity index (χ1) is 12.3. The highest BCUT2D eigenvalue weighted by Crippen LogP contribution is 2.49. The first-order valence-electron chi connectivity index (χ1n) is 8.74. The second-order valence-corrected chi connectivity index (χ2v) is 7.23. The molecule has 0 saturated carbocycles. The SMILES string of the molecule is CCN1C(=O)[C@@H]2[C@@H](c3ccc(N(C)C)cc3)N[C@@](C)(C(=O)OC)[C@@H]2C1=O. The van der Waals surface area contributed by atoms with E-state index in [1.165, 1.54) is 12.0 Å². The van der Waals surface area contributed by atoms with Crippen LogP contribution in [0.3, 0.4) is 0 Å². The number of imide groups is 1. The molecule has 2 aliphatic rings. The lowest BCUT2D eigenvalue weighted by Crippen LogP contribution is -2.53. The molecule has 0 aliphatic carbocycles. The van der Waals surface area contributed by atoms with Crippen molar-refractivity contribution in [2.24, 2.45) is 11.8 Å². The molecule has 26 heavy (non-hydrogen) atoms. The minimum absolute atomic E-state index is 0.232. The number of benzene rings is 1. The molecule has 3 rings (SSSR count). The smallest absolute Gasteiger partial charge is 0.326 e. The first-order valence-corrected chi connectivity index (χ1v) is 8.74. The van der Waals surface area contributed by atoms with Gasteiger partial charge >= 0.3 is 5.97 Å². The molecule has 0 radical (unpaired) electrons. The Balaban J connectivity index is 2.05. The van der Waals surface area contributed by atoms with E-state index in [2.05, 4.69) is 5.32 Å². The summed E-state index contributed by atoms with van der Waals surface area (Å²) in [7, 11) is 5.19. The molecule has 2 saturated heterocycles. The highest BCUT2D eigenvalue weighted by atomic mass is 16.5. The summed E-state index contributed by atoms with van der Waals surface area (Å²) < 4.78 is 4.94. The number of anilines is 1. The van der Waals surface area contributed by atoms with Gasteiger partial charge in [-0.2, -0.15) is 0 Å². The van der Waals surface area contributed by atoms with E-state index >= 15 is 0 Å². The number of amides is 2. The van der Waals surface area contributed by atoms with Crippen LogP contribution < -0.4 is 10.2 Å². The van der Waals surface area contributed by atoms with E-state index in [1.54, 1.807) is 13.8 Å². The van der Waals surface area contributed by atoms with Gasteiger partial charge in [-0.15, -0.1) is 0 Å². The van der Waals surface area contributed by atoms with Crippen LogP contribution in [0, 0.1) is 11.8 Å². The van der Waals surface area contributed by atoms with Crippen molar-refractivity contribution in [1.29, 1.82) is 0 Å². The quantitative estimate of drug-likeness (QED) is 0.637. The van der Waals surface area contributed by atoms with Gasteiger partial charge in [0.15, 0.2) is 0 Å². The number of carbonyl (C=O) groups is 3. The molecule has 2 heterocycles. The number of methoxy groups -OCH3 is 1. The van der Waals surface area contributed by atoms with Gasteiger partial charge in [-0.1, -0.05) is 12.1 Å². The molecule has 2 fully saturated rings. The van der Waals surface area contributed by atoms with Gasteiger partial charge in [-0.05, 0) is 31.5 Å².